The van der Waals surface area contributed by atoms with Crippen molar-refractivity contribution in [2.45, 2.75) is 400 Å². The highest BCUT2D eigenvalue weighted by Gasteiger charge is 2.60. The number of hydrogen-bond acceptors (Lipinski definition) is 15. The van der Waals surface area contributed by atoms with Crippen molar-refractivity contribution >= 4 is 74.0 Å². The average molecular weight is 1650 g/mol. The smallest absolute Gasteiger partial charge is 0.193 e. The third-order valence-electron chi connectivity index (χ3n) is 26.3. The molecule has 0 saturated carbocycles. The largest absolute Gasteiger partial charge is 0.414 e. The summed E-state index contributed by atoms with van der Waals surface area (Å²) in [6.45, 7) is 72.6. The van der Waals surface area contributed by atoms with Crippen LogP contribution in [0.4, 0.5) is 0 Å². The first kappa shape index (κ1) is 88.9. The summed E-state index contributed by atoms with van der Waals surface area (Å²) in [5.74, 6) is -0.511. The fourth-order valence-electron chi connectivity index (χ4n) is 14.4. The van der Waals surface area contributed by atoms with E-state index < -0.39 is 118 Å². The molecule has 0 bridgehead atoms. The molecule has 0 spiro atoms. The predicted octanol–water partition coefficient (Wildman–Crippen LogP) is 20.2. The minimum absolute atomic E-state index is 0.0401. The van der Waals surface area contributed by atoms with Gasteiger partial charge in [0.1, 0.15) is 24.4 Å². The molecule has 7 rings (SSSR count). The number of sulfone groups is 1. The molecule has 0 aromatic heterocycles. The number of fused-ring (bicyclic) bond motifs is 1. The second-order valence-electron chi connectivity index (χ2n) is 38.9. The molecule has 1 aromatic carbocycles. The Morgan fingerprint density at radius 3 is 1.72 bits per heavy atom. The van der Waals surface area contributed by atoms with Crippen molar-refractivity contribution in [1.29, 1.82) is 0 Å². The minimum Gasteiger partial charge on any atom is -0.414 e. The second-order valence-corrected chi connectivity index (χ2v) is 65.6. The van der Waals surface area contributed by atoms with Gasteiger partial charge in [-0.3, -0.25) is 0 Å². The second kappa shape index (κ2) is 34.7. The van der Waals surface area contributed by atoms with Gasteiger partial charge >= 0.3 is 0 Å². The van der Waals surface area contributed by atoms with Gasteiger partial charge in [-0.05, 0) is 200 Å². The Labute approximate surface area is 640 Å². The lowest BCUT2D eigenvalue weighted by molar-refractivity contribution is -0.267. The predicted molar refractivity (Wildman–Crippen MR) is 438 cm³/mol. The molecular weight excluding hydrogens is 1500 g/mol. The van der Waals surface area contributed by atoms with Crippen LogP contribution in [0.15, 0.2) is 63.6 Å². The molecular formula is C80H145IO15SSi5. The highest BCUT2D eigenvalue weighted by molar-refractivity contribution is 14.1. The Hall–Kier alpha value is -0.316. The van der Waals surface area contributed by atoms with Crippen molar-refractivity contribution < 1.29 is 68.4 Å². The van der Waals surface area contributed by atoms with E-state index in [0.29, 0.717) is 51.9 Å². The van der Waals surface area contributed by atoms with E-state index in [4.69, 9.17) is 66.6 Å². The molecule has 0 amide bonds. The first-order chi connectivity index (χ1) is 46.8. The molecule has 1 aromatic rings. The molecule has 4 unspecified atom stereocenters. The van der Waals surface area contributed by atoms with Crippen LogP contribution in [0.2, 0.25) is 90.7 Å². The highest BCUT2D eigenvalue weighted by atomic mass is 127. The number of rotatable bonds is 31. The molecule has 6 heterocycles. The van der Waals surface area contributed by atoms with Gasteiger partial charge in [0.25, 0.3) is 0 Å². The Kier molecular flexibility index (Phi) is 30.3. The normalized spacial score (nSPS) is 30.7. The lowest BCUT2D eigenvalue weighted by Gasteiger charge is -2.56. The summed E-state index contributed by atoms with van der Waals surface area (Å²) in [6, 6.07) is 7.55. The van der Waals surface area contributed by atoms with Gasteiger partial charge in [0.15, 0.2) is 57.7 Å². The van der Waals surface area contributed by atoms with Gasteiger partial charge in [0.2, 0.25) is 0 Å². The van der Waals surface area contributed by atoms with Crippen LogP contribution < -0.4 is 0 Å². The van der Waals surface area contributed by atoms with Crippen LogP contribution in [0.3, 0.4) is 0 Å². The van der Waals surface area contributed by atoms with E-state index in [1.807, 2.05) is 24.3 Å². The van der Waals surface area contributed by atoms with Crippen molar-refractivity contribution in [1.82, 2.24) is 0 Å². The van der Waals surface area contributed by atoms with Gasteiger partial charge in [0, 0.05) is 32.3 Å². The zero-order valence-corrected chi connectivity index (χ0v) is 77.0. The number of halogens is 1. The topological polar surface area (TPSA) is 154 Å². The van der Waals surface area contributed by atoms with Gasteiger partial charge in [-0.15, -0.1) is 0 Å². The Bertz CT molecular complexity index is 3010. The zero-order valence-electron chi connectivity index (χ0n) is 69.1. The van der Waals surface area contributed by atoms with Crippen molar-refractivity contribution in [3.8, 4) is 0 Å². The van der Waals surface area contributed by atoms with Crippen molar-refractivity contribution in [3.63, 3.8) is 0 Å². The maximum Gasteiger partial charge on any atom is 0.193 e. The average Bonchev–Trinajstić information content (AvgIpc) is 1.24. The molecule has 6 fully saturated rings. The number of methoxy groups -OCH3 is 1. The number of aryl methyl sites for hydroxylation is 1. The Morgan fingerprint density at radius 2 is 1.17 bits per heavy atom. The third-order valence-corrected chi connectivity index (χ3v) is 51.4. The van der Waals surface area contributed by atoms with Crippen LogP contribution in [0, 0.1) is 11.8 Å². The van der Waals surface area contributed by atoms with E-state index in [1.165, 1.54) is 0 Å². The summed E-state index contributed by atoms with van der Waals surface area (Å²) in [4.78, 5) is 0.286. The number of hydrogen-bond donors (Lipinski definition) is 0. The van der Waals surface area contributed by atoms with Crippen LogP contribution >= 0.6 is 22.6 Å². The van der Waals surface area contributed by atoms with Crippen molar-refractivity contribution in [2.24, 2.45) is 11.8 Å². The SMILES string of the molecule is C=C1C[C@H](CCC2OCCO2)O[C@H]1CC[C@H]1C[C@H](C)C(=C)[C@@H](C[C@@H]2O[C@H](C[C@@H](CO[Si](C)(C)C(C)(C)C)O[Si](C)(C)C(C)(C)C)[C@H](OC)[C@H]2C(CC[C@H]2CC[C@@H]3O[C@H](C(/C=C/I)O[Si](C)(C)C(C)(C)C)C(O[Si](C)(C)C(C)(C)C)C(O[Si](C)(C)C(C)(C)C)[C@@H]3O2)S(=O)(=O)c2ccc(CC)cc2)O1. The molecule has 0 aliphatic carbocycles. The summed E-state index contributed by atoms with van der Waals surface area (Å²) < 4.78 is 128. The van der Waals surface area contributed by atoms with Crippen LogP contribution in [0.25, 0.3) is 0 Å². The first-order valence-electron chi connectivity index (χ1n) is 39.1. The molecule has 22 heteroatoms. The van der Waals surface area contributed by atoms with Gasteiger partial charge in [-0.25, -0.2) is 8.42 Å². The number of benzene rings is 1. The van der Waals surface area contributed by atoms with Crippen LogP contribution in [0.1, 0.15) is 200 Å². The summed E-state index contributed by atoms with van der Waals surface area (Å²) in [7, 11) is -14.7. The van der Waals surface area contributed by atoms with E-state index in [2.05, 4.69) is 223 Å². The van der Waals surface area contributed by atoms with Gasteiger partial charge < -0.3 is 60.0 Å². The summed E-state index contributed by atoms with van der Waals surface area (Å²) >= 11 is 2.32. The molecule has 6 saturated heterocycles. The molecule has 15 nitrogen and oxygen atoms in total. The third kappa shape index (κ3) is 21.9. The quantitative estimate of drug-likeness (QED) is 0.0393. The van der Waals surface area contributed by atoms with E-state index in [1.54, 1.807) is 7.11 Å². The lowest BCUT2D eigenvalue weighted by Crippen LogP contribution is -2.69. The first-order valence-corrected chi connectivity index (χ1v) is 56.5. The van der Waals surface area contributed by atoms with Gasteiger partial charge in [-0.1, -0.05) is 166 Å². The van der Waals surface area contributed by atoms with E-state index in [-0.39, 0.29) is 85.3 Å². The molecule has 0 radical (unpaired) electrons. The Morgan fingerprint density at radius 1 is 0.618 bits per heavy atom. The number of ether oxygens (including phenoxy) is 8. The van der Waals surface area contributed by atoms with E-state index in [9.17, 15) is 0 Å². The molecule has 0 N–H and O–H groups in total. The van der Waals surface area contributed by atoms with Crippen LogP contribution in [-0.4, -0.2) is 180 Å². The van der Waals surface area contributed by atoms with Crippen LogP contribution in [-0.2, 0) is 76.3 Å². The Balaban J connectivity index is 1.31. The van der Waals surface area contributed by atoms with Gasteiger partial charge in [0.05, 0.1) is 97.1 Å². The van der Waals surface area contributed by atoms with Gasteiger partial charge in [-0.2, -0.15) is 0 Å². The fourth-order valence-corrected chi connectivity index (χ4v) is 23.1. The lowest BCUT2D eigenvalue weighted by atomic mass is 9.81. The van der Waals surface area contributed by atoms with E-state index in [0.717, 1.165) is 61.7 Å². The minimum atomic E-state index is -4.15. The van der Waals surface area contributed by atoms with Crippen LogP contribution in [0.5, 0.6) is 0 Å². The molecule has 18 atom stereocenters. The summed E-state index contributed by atoms with van der Waals surface area (Å²) in [5, 5.41) is -1.47. The van der Waals surface area contributed by atoms with Crippen molar-refractivity contribution in [2.75, 3.05) is 26.9 Å². The maximum absolute atomic E-state index is 16.5. The molecule has 6 aliphatic heterocycles. The monoisotopic (exact) mass is 1640 g/mol. The summed E-state index contributed by atoms with van der Waals surface area (Å²) in [5.41, 5.74) is 3.18. The standard InChI is InChI=1S/C80H145IO15SSi5/c1-31-56-32-38-61(39-33-56)97(82,83)68(42-36-57-34-41-63-72(90-57)74(95-101(27,28)79(14,15)16)75(96-102(29,30)80(17,18)19)73(92-63)64(44-45-81)94-100(25,26)78(11,12)13)70-66(91-67(71(70)84-20)50-60(93-99(23,24)77(8,9)10)52-87-98(21,22)76(5,6)7)51-65-55(4)53(2)48-58(89-65)35-40-62-54(3)49-59(88-62)37-43-69-85-46-47-86-69/h32-33,38-39,44-45,53,57-60,62-75H,3-4,31,34-37,40-43,46-52H2,1-2,5-30H3/b45-44+/t53-,57+,58-,59-,60-,62-,63-,64?,65+,66-,67+,68?,70+,71-,72+,73+,74?,75?/m0/s1. The molecule has 102 heavy (non-hydrogen) atoms. The van der Waals surface area contributed by atoms with E-state index >= 15 is 8.42 Å². The fraction of sp³-hybridized carbons (Fsp3) is 0.850. The van der Waals surface area contributed by atoms with Crippen molar-refractivity contribution in [3.05, 3.63) is 64.3 Å². The highest BCUT2D eigenvalue weighted by Crippen LogP contribution is 2.51. The summed E-state index contributed by atoms with van der Waals surface area (Å²) in [6.07, 6.45) is 4.68. The molecule has 6 aliphatic rings. The molecule has 588 valence electrons. The maximum atomic E-state index is 16.5. The zero-order chi connectivity index (χ0) is 76.5.